The second-order valence-electron chi connectivity index (χ2n) is 7.50. The minimum atomic E-state index is -0.769. The number of hydrogen-bond donors (Lipinski definition) is 1. The van der Waals surface area contributed by atoms with Crippen LogP contribution in [0.2, 0.25) is 0 Å². The normalized spacial score (nSPS) is 24.7. The smallest absolute Gasteiger partial charge is 0.359 e. The first-order valence-electron chi connectivity index (χ1n) is 8.43. The van der Waals surface area contributed by atoms with Gasteiger partial charge in [-0.15, -0.1) is 0 Å². The number of nitrogens with zero attached hydrogens (tertiary/aromatic N) is 3. The average Bonchev–Trinajstić information content (AvgIpc) is 2.93. The molecule has 0 radical (unpaired) electrons. The fourth-order valence-corrected chi connectivity index (χ4v) is 4.33. The monoisotopic (exact) mass is 346 g/mol. The van der Waals surface area contributed by atoms with Crippen molar-refractivity contribution < 1.29 is 14.3 Å². The summed E-state index contributed by atoms with van der Waals surface area (Å²) in [7, 11) is 7.34. The van der Waals surface area contributed by atoms with Crippen molar-refractivity contribution in [3.8, 4) is 0 Å². The number of carbonyl (C=O) groups excluding carboxylic acids is 2. The van der Waals surface area contributed by atoms with Crippen LogP contribution in [0.4, 0.5) is 21.0 Å². The highest BCUT2D eigenvalue weighted by molar-refractivity contribution is 5.93. The minimum Gasteiger partial charge on any atom is -0.359 e. The number of ether oxygens (including phenoxy) is 1. The lowest BCUT2D eigenvalue weighted by atomic mass is 9.81. The predicted octanol–water partition coefficient (Wildman–Crippen LogP) is 2.59. The summed E-state index contributed by atoms with van der Waals surface area (Å²) in [6, 6.07) is 3.93. The van der Waals surface area contributed by atoms with Gasteiger partial charge in [-0.2, -0.15) is 0 Å². The van der Waals surface area contributed by atoms with Gasteiger partial charge in [0, 0.05) is 44.5 Å². The molecule has 0 aliphatic carbocycles. The maximum atomic E-state index is 12.0. The van der Waals surface area contributed by atoms with Gasteiger partial charge in [0.25, 0.3) is 0 Å². The van der Waals surface area contributed by atoms with Crippen molar-refractivity contribution in [1.82, 2.24) is 9.80 Å². The lowest BCUT2D eigenvalue weighted by Gasteiger charge is -2.32. The Hall–Kier alpha value is -2.28. The number of benzene rings is 1. The Kier molecular flexibility index (Phi) is 4.15. The van der Waals surface area contributed by atoms with Crippen molar-refractivity contribution in [1.29, 1.82) is 0 Å². The molecule has 2 aliphatic heterocycles. The lowest BCUT2D eigenvalue weighted by molar-refractivity contribution is 0.138. The summed E-state index contributed by atoms with van der Waals surface area (Å²) in [5.41, 5.74) is 4.22. The van der Waals surface area contributed by atoms with Crippen LogP contribution in [-0.2, 0) is 10.2 Å². The van der Waals surface area contributed by atoms with E-state index in [0.717, 1.165) is 18.5 Å². The first kappa shape index (κ1) is 17.5. The third kappa shape index (κ3) is 2.72. The van der Waals surface area contributed by atoms with Crippen molar-refractivity contribution in [3.63, 3.8) is 0 Å². The van der Waals surface area contributed by atoms with Crippen LogP contribution in [0.3, 0.4) is 0 Å². The van der Waals surface area contributed by atoms with Gasteiger partial charge >= 0.3 is 12.2 Å². The molecule has 1 saturated heterocycles. The van der Waals surface area contributed by atoms with Gasteiger partial charge in [-0.05, 0) is 43.7 Å². The molecule has 7 heteroatoms. The number of anilines is 2. The van der Waals surface area contributed by atoms with Crippen molar-refractivity contribution in [3.05, 3.63) is 23.3 Å². The molecule has 1 aromatic rings. The van der Waals surface area contributed by atoms with Gasteiger partial charge in [0.2, 0.25) is 0 Å². The summed E-state index contributed by atoms with van der Waals surface area (Å²) in [4.78, 5) is 29.4. The number of fused-ring (bicyclic) bond motifs is 3. The number of carbonyl (C=O) groups is 2. The van der Waals surface area contributed by atoms with Crippen LogP contribution in [0, 0.1) is 6.92 Å². The van der Waals surface area contributed by atoms with Crippen LogP contribution in [0.15, 0.2) is 12.1 Å². The van der Waals surface area contributed by atoms with E-state index in [1.54, 1.807) is 0 Å². The van der Waals surface area contributed by atoms with Gasteiger partial charge in [0.05, 0.1) is 6.17 Å². The molecule has 0 bridgehead atoms. The molecular weight excluding hydrogens is 320 g/mol. The molecule has 2 amide bonds. The van der Waals surface area contributed by atoms with Gasteiger partial charge in [-0.3, -0.25) is 10.2 Å². The maximum absolute atomic E-state index is 12.0. The van der Waals surface area contributed by atoms with Crippen molar-refractivity contribution >= 4 is 23.6 Å². The molecule has 25 heavy (non-hydrogen) atoms. The number of amides is 2. The Morgan fingerprint density at radius 1 is 1.32 bits per heavy atom. The van der Waals surface area contributed by atoms with Gasteiger partial charge < -0.3 is 14.5 Å². The molecule has 2 atom stereocenters. The number of likely N-dealkylation sites (N-methyl/N-ethyl adjacent to an activating group) is 2. The van der Waals surface area contributed by atoms with Crippen LogP contribution in [0.5, 0.6) is 0 Å². The Bertz CT molecular complexity index is 733. The van der Waals surface area contributed by atoms with Crippen molar-refractivity contribution in [2.45, 2.75) is 31.8 Å². The highest BCUT2D eigenvalue weighted by Crippen LogP contribution is 2.52. The van der Waals surface area contributed by atoms with Gasteiger partial charge in [-0.25, -0.2) is 9.59 Å². The molecule has 136 valence electrons. The van der Waals surface area contributed by atoms with Gasteiger partial charge in [0.1, 0.15) is 0 Å². The summed E-state index contributed by atoms with van der Waals surface area (Å²) >= 11 is 0. The standard InChI is InChI=1S/C18H26N4O3/c1-11-9-12(19-16(23)25-17(24)20(3)4)10-13-14(11)22(6)15-18(13,2)7-8-21(15)5/h9-10,15H,7-8H2,1-6H3,(H,19,23)/t15-,18-/m0/s1. The molecule has 2 aliphatic rings. The van der Waals surface area contributed by atoms with E-state index in [2.05, 4.69) is 36.1 Å². The molecule has 0 aromatic heterocycles. The summed E-state index contributed by atoms with van der Waals surface area (Å²) < 4.78 is 4.74. The quantitative estimate of drug-likeness (QED) is 0.792. The SMILES string of the molecule is Cc1cc(NC(=O)OC(=O)N(C)C)cc2c1N(C)[C@@H]1N(C)CC[C@@]21C. The third-order valence-electron chi connectivity index (χ3n) is 5.40. The molecular formula is C18H26N4O3. The minimum absolute atomic E-state index is 0.0185. The molecule has 0 unspecified atom stereocenters. The molecule has 1 aromatic carbocycles. The van der Waals surface area contributed by atoms with Crippen molar-refractivity contribution in [2.75, 3.05) is 45.0 Å². The van der Waals surface area contributed by atoms with E-state index in [-0.39, 0.29) is 5.41 Å². The first-order chi connectivity index (χ1) is 11.6. The fraction of sp³-hybridized carbons (Fsp3) is 0.556. The molecule has 1 fully saturated rings. The number of aryl methyl sites for hydroxylation is 1. The van der Waals surface area contributed by atoms with Crippen LogP contribution in [0.25, 0.3) is 0 Å². The largest absolute Gasteiger partial charge is 0.420 e. The highest BCUT2D eigenvalue weighted by atomic mass is 16.6. The number of likely N-dealkylation sites (tertiary alicyclic amines) is 1. The third-order valence-corrected chi connectivity index (χ3v) is 5.40. The fourth-order valence-electron chi connectivity index (χ4n) is 4.33. The Morgan fingerprint density at radius 2 is 2.00 bits per heavy atom. The number of hydrogen-bond acceptors (Lipinski definition) is 5. The van der Waals surface area contributed by atoms with E-state index in [1.807, 2.05) is 19.1 Å². The predicted molar refractivity (Wildman–Crippen MR) is 97.2 cm³/mol. The highest BCUT2D eigenvalue weighted by Gasteiger charge is 2.52. The van der Waals surface area contributed by atoms with Crippen LogP contribution in [-0.4, -0.2) is 62.9 Å². The lowest BCUT2D eigenvalue weighted by Crippen LogP contribution is -2.45. The molecule has 2 heterocycles. The number of nitrogens with one attached hydrogen (secondary N) is 1. The van der Waals surface area contributed by atoms with Crippen molar-refractivity contribution in [2.24, 2.45) is 0 Å². The van der Waals surface area contributed by atoms with Crippen LogP contribution in [0.1, 0.15) is 24.5 Å². The molecule has 0 saturated carbocycles. The Labute approximate surface area is 148 Å². The summed E-state index contributed by atoms with van der Waals surface area (Å²) in [5.74, 6) is 0. The Morgan fingerprint density at radius 3 is 2.64 bits per heavy atom. The average molecular weight is 346 g/mol. The van der Waals surface area contributed by atoms with E-state index in [1.165, 1.54) is 30.2 Å². The van der Waals surface area contributed by atoms with Crippen LogP contribution < -0.4 is 10.2 Å². The second kappa shape index (κ2) is 5.91. The summed E-state index contributed by atoms with van der Waals surface area (Å²) in [6.45, 7) is 5.36. The summed E-state index contributed by atoms with van der Waals surface area (Å²) in [6.07, 6.45) is -0.0780. The van der Waals surface area contributed by atoms with Gasteiger partial charge in [-0.1, -0.05) is 6.92 Å². The Balaban J connectivity index is 1.89. The van der Waals surface area contributed by atoms with E-state index in [0.29, 0.717) is 11.9 Å². The molecule has 1 N–H and O–H groups in total. The van der Waals surface area contributed by atoms with E-state index < -0.39 is 12.2 Å². The zero-order chi connectivity index (χ0) is 18.5. The zero-order valence-electron chi connectivity index (χ0n) is 15.7. The van der Waals surface area contributed by atoms with E-state index in [4.69, 9.17) is 4.74 Å². The second-order valence-corrected chi connectivity index (χ2v) is 7.50. The number of rotatable bonds is 1. The molecule has 3 rings (SSSR count). The first-order valence-corrected chi connectivity index (χ1v) is 8.43. The summed E-state index contributed by atoms with van der Waals surface area (Å²) in [5, 5.41) is 2.68. The van der Waals surface area contributed by atoms with Crippen LogP contribution >= 0.6 is 0 Å². The maximum Gasteiger partial charge on any atom is 0.420 e. The van der Waals surface area contributed by atoms with E-state index in [9.17, 15) is 9.59 Å². The van der Waals surface area contributed by atoms with Gasteiger partial charge in [0.15, 0.2) is 0 Å². The van der Waals surface area contributed by atoms with E-state index >= 15 is 0 Å². The molecule has 7 nitrogen and oxygen atoms in total. The zero-order valence-corrected chi connectivity index (χ0v) is 15.7. The topological polar surface area (TPSA) is 65.1 Å². The molecule has 0 spiro atoms.